The SMILES string of the molecule is O=C(c1ccccc1)N1N=C(c2ccc(Br)cc2)C[C@H]1c1nc2ccccc2[nH]1. The molecule has 4 aromatic rings. The largest absolute Gasteiger partial charge is 0.340 e. The maximum absolute atomic E-state index is 13.2. The number of nitrogens with zero attached hydrogens (tertiary/aromatic N) is 3. The summed E-state index contributed by atoms with van der Waals surface area (Å²) in [6.07, 6.45) is 0.597. The summed E-state index contributed by atoms with van der Waals surface area (Å²) in [5, 5.41) is 6.28. The Bertz CT molecular complexity index is 1180. The summed E-state index contributed by atoms with van der Waals surface area (Å²) in [6, 6.07) is 24.8. The van der Waals surface area contributed by atoms with Gasteiger partial charge in [0.05, 0.1) is 16.7 Å². The molecule has 0 radical (unpaired) electrons. The van der Waals surface area contributed by atoms with Gasteiger partial charge in [-0.15, -0.1) is 0 Å². The number of amides is 1. The number of carbonyl (C=O) groups excluding carboxylic acids is 1. The van der Waals surface area contributed by atoms with Crippen molar-refractivity contribution in [2.24, 2.45) is 5.10 Å². The fourth-order valence-corrected chi connectivity index (χ4v) is 3.84. The predicted octanol–water partition coefficient (Wildman–Crippen LogP) is 5.32. The van der Waals surface area contributed by atoms with Crippen LogP contribution in [0.2, 0.25) is 0 Å². The van der Waals surface area contributed by atoms with Crippen LogP contribution in [-0.4, -0.2) is 26.6 Å². The Hall–Kier alpha value is -3.25. The Balaban J connectivity index is 1.56. The zero-order valence-electron chi connectivity index (χ0n) is 15.4. The third-order valence-corrected chi connectivity index (χ3v) is 5.57. The standard InChI is InChI=1S/C23H17BrN4O/c24-17-12-10-15(11-13-17)20-14-21(22-25-18-8-4-5-9-19(18)26-22)28(27-20)23(29)16-6-2-1-3-7-16/h1-13,21H,14H2,(H,25,26)/t21-/m0/s1. The molecule has 1 aromatic heterocycles. The lowest BCUT2D eigenvalue weighted by Gasteiger charge is -2.19. The van der Waals surface area contributed by atoms with Crippen LogP contribution in [0.4, 0.5) is 0 Å². The molecule has 0 aliphatic carbocycles. The van der Waals surface area contributed by atoms with Crippen molar-refractivity contribution in [3.63, 3.8) is 0 Å². The second-order valence-electron chi connectivity index (χ2n) is 6.93. The molecular weight excluding hydrogens is 428 g/mol. The molecule has 2 heterocycles. The summed E-state index contributed by atoms with van der Waals surface area (Å²) in [5.41, 5.74) is 4.30. The quantitative estimate of drug-likeness (QED) is 0.464. The molecule has 1 aliphatic heterocycles. The maximum atomic E-state index is 13.2. The highest BCUT2D eigenvalue weighted by Gasteiger charge is 2.35. The van der Waals surface area contributed by atoms with E-state index in [1.54, 1.807) is 5.01 Å². The second kappa shape index (κ2) is 7.29. The first kappa shape index (κ1) is 17.8. The zero-order chi connectivity index (χ0) is 19.8. The van der Waals surface area contributed by atoms with Crippen LogP contribution in [0.25, 0.3) is 11.0 Å². The van der Waals surface area contributed by atoms with Gasteiger partial charge in [0, 0.05) is 16.5 Å². The van der Waals surface area contributed by atoms with E-state index in [1.165, 1.54) is 0 Å². The van der Waals surface area contributed by atoms with Crippen LogP contribution in [0, 0.1) is 0 Å². The van der Waals surface area contributed by atoms with E-state index in [9.17, 15) is 4.79 Å². The minimum absolute atomic E-state index is 0.136. The first-order valence-electron chi connectivity index (χ1n) is 9.36. The van der Waals surface area contributed by atoms with Gasteiger partial charge in [-0.2, -0.15) is 5.10 Å². The number of benzene rings is 3. The summed E-state index contributed by atoms with van der Waals surface area (Å²) >= 11 is 3.47. The Kier molecular flexibility index (Phi) is 4.48. The number of rotatable bonds is 3. The molecular formula is C23H17BrN4O. The number of aromatic nitrogens is 2. The predicted molar refractivity (Wildman–Crippen MR) is 117 cm³/mol. The van der Waals surface area contributed by atoms with Crippen molar-refractivity contribution in [3.05, 3.63) is 100 Å². The van der Waals surface area contributed by atoms with Crippen LogP contribution in [0.1, 0.15) is 34.2 Å². The minimum Gasteiger partial charge on any atom is -0.340 e. The highest BCUT2D eigenvalue weighted by Crippen LogP contribution is 2.33. The zero-order valence-corrected chi connectivity index (χ0v) is 17.0. The second-order valence-corrected chi connectivity index (χ2v) is 7.84. The Morgan fingerprint density at radius 2 is 1.69 bits per heavy atom. The number of para-hydroxylation sites is 2. The molecule has 0 spiro atoms. The van der Waals surface area contributed by atoms with Crippen LogP contribution in [-0.2, 0) is 0 Å². The average molecular weight is 445 g/mol. The number of imidazole rings is 1. The van der Waals surface area contributed by atoms with Crippen molar-refractivity contribution in [2.45, 2.75) is 12.5 Å². The number of halogens is 1. The molecule has 0 unspecified atom stereocenters. The summed E-state index contributed by atoms with van der Waals surface area (Å²) in [5.74, 6) is 0.606. The van der Waals surface area contributed by atoms with E-state index in [-0.39, 0.29) is 11.9 Å². The van der Waals surface area contributed by atoms with Gasteiger partial charge in [0.1, 0.15) is 11.9 Å². The molecule has 0 fully saturated rings. The van der Waals surface area contributed by atoms with Gasteiger partial charge in [-0.1, -0.05) is 58.4 Å². The van der Waals surface area contributed by atoms with Crippen molar-refractivity contribution >= 4 is 38.6 Å². The fourth-order valence-electron chi connectivity index (χ4n) is 3.57. The van der Waals surface area contributed by atoms with Gasteiger partial charge >= 0.3 is 0 Å². The lowest BCUT2D eigenvalue weighted by molar-refractivity contribution is 0.0705. The number of H-pyrrole nitrogens is 1. The molecule has 0 saturated carbocycles. The van der Waals surface area contributed by atoms with Crippen LogP contribution < -0.4 is 0 Å². The topological polar surface area (TPSA) is 61.4 Å². The van der Waals surface area contributed by atoms with Gasteiger partial charge in [-0.05, 0) is 42.0 Å². The molecule has 1 atom stereocenters. The highest BCUT2D eigenvalue weighted by atomic mass is 79.9. The Labute approximate surface area is 176 Å². The smallest absolute Gasteiger partial charge is 0.274 e. The van der Waals surface area contributed by atoms with Crippen LogP contribution >= 0.6 is 15.9 Å². The molecule has 6 heteroatoms. The van der Waals surface area contributed by atoms with Crippen molar-refractivity contribution in [1.29, 1.82) is 0 Å². The molecule has 142 valence electrons. The molecule has 29 heavy (non-hydrogen) atoms. The lowest BCUT2D eigenvalue weighted by Crippen LogP contribution is -2.27. The normalized spacial score (nSPS) is 16.2. The number of hydrogen-bond acceptors (Lipinski definition) is 3. The molecule has 1 amide bonds. The highest BCUT2D eigenvalue weighted by molar-refractivity contribution is 9.10. The van der Waals surface area contributed by atoms with Gasteiger partial charge in [-0.3, -0.25) is 4.79 Å². The van der Waals surface area contributed by atoms with Crippen molar-refractivity contribution in [2.75, 3.05) is 0 Å². The van der Waals surface area contributed by atoms with E-state index >= 15 is 0 Å². The van der Waals surface area contributed by atoms with Gasteiger partial charge in [0.15, 0.2) is 0 Å². The summed E-state index contributed by atoms with van der Waals surface area (Å²) in [6.45, 7) is 0. The van der Waals surface area contributed by atoms with Crippen molar-refractivity contribution in [1.82, 2.24) is 15.0 Å². The summed E-state index contributed by atoms with van der Waals surface area (Å²) in [4.78, 5) is 21.3. The lowest BCUT2D eigenvalue weighted by atomic mass is 10.0. The Morgan fingerprint density at radius 3 is 2.45 bits per heavy atom. The number of nitrogens with one attached hydrogen (secondary N) is 1. The first-order chi connectivity index (χ1) is 14.2. The van der Waals surface area contributed by atoms with Crippen LogP contribution in [0.3, 0.4) is 0 Å². The van der Waals surface area contributed by atoms with Crippen molar-refractivity contribution < 1.29 is 4.79 Å². The van der Waals surface area contributed by atoms with E-state index < -0.39 is 0 Å². The van der Waals surface area contributed by atoms with E-state index in [0.717, 1.165) is 32.6 Å². The molecule has 5 nitrogen and oxygen atoms in total. The molecule has 0 bridgehead atoms. The maximum Gasteiger partial charge on any atom is 0.274 e. The number of hydrogen-bond donors (Lipinski definition) is 1. The Morgan fingerprint density at radius 1 is 0.966 bits per heavy atom. The van der Waals surface area contributed by atoms with Gasteiger partial charge in [0.25, 0.3) is 5.91 Å². The number of carbonyl (C=O) groups is 1. The first-order valence-corrected chi connectivity index (χ1v) is 10.1. The third kappa shape index (κ3) is 3.36. The fraction of sp³-hybridized carbons (Fsp3) is 0.0870. The minimum atomic E-state index is -0.284. The van der Waals surface area contributed by atoms with Gasteiger partial charge in [-0.25, -0.2) is 9.99 Å². The third-order valence-electron chi connectivity index (χ3n) is 5.04. The molecule has 0 saturated heterocycles. The average Bonchev–Trinajstić information content (AvgIpc) is 3.39. The molecule has 5 rings (SSSR count). The monoisotopic (exact) mass is 444 g/mol. The van der Waals surface area contributed by atoms with E-state index in [1.807, 2.05) is 78.9 Å². The van der Waals surface area contributed by atoms with Crippen LogP contribution in [0.5, 0.6) is 0 Å². The number of hydrazone groups is 1. The van der Waals surface area contributed by atoms with Crippen molar-refractivity contribution in [3.8, 4) is 0 Å². The molecule has 1 aliphatic rings. The molecule has 1 N–H and O–H groups in total. The summed E-state index contributed by atoms with van der Waals surface area (Å²) in [7, 11) is 0. The van der Waals surface area contributed by atoms with Gasteiger partial charge in [0.2, 0.25) is 0 Å². The van der Waals surface area contributed by atoms with Gasteiger partial charge < -0.3 is 4.98 Å². The number of fused-ring (bicyclic) bond motifs is 1. The number of aromatic amines is 1. The summed E-state index contributed by atoms with van der Waals surface area (Å²) < 4.78 is 1.01. The van der Waals surface area contributed by atoms with E-state index in [0.29, 0.717) is 12.0 Å². The van der Waals surface area contributed by atoms with Crippen LogP contribution in [0.15, 0.2) is 88.4 Å². The van der Waals surface area contributed by atoms with E-state index in [2.05, 4.69) is 20.9 Å². The molecule has 3 aromatic carbocycles. The van der Waals surface area contributed by atoms with E-state index in [4.69, 9.17) is 10.1 Å².